The molecule has 10 heteroatoms. The highest BCUT2D eigenvalue weighted by Crippen LogP contribution is 2.25. The Morgan fingerprint density at radius 2 is 1.64 bits per heavy atom. The maximum atomic E-state index is 14.2. The SMILES string of the molecule is CN(C)C(=O)c1noc(C(Cc2ccccc2)N(C)C(=O)C(CCc2ccc3ccccc3c2)NC(=O)C=CCC(C)(C)N)n1. The van der Waals surface area contributed by atoms with Crippen LogP contribution in [0.3, 0.4) is 0 Å². The third kappa shape index (κ3) is 9.33. The van der Waals surface area contributed by atoms with Gasteiger partial charge in [0.15, 0.2) is 0 Å². The number of hydrogen-bond acceptors (Lipinski definition) is 7. The van der Waals surface area contributed by atoms with Crippen molar-refractivity contribution in [1.29, 1.82) is 0 Å². The van der Waals surface area contributed by atoms with Crippen molar-refractivity contribution in [3.8, 4) is 0 Å². The number of hydrogen-bond donors (Lipinski definition) is 2. The van der Waals surface area contributed by atoms with Crippen molar-refractivity contribution >= 4 is 28.5 Å². The maximum Gasteiger partial charge on any atom is 0.294 e. The molecule has 4 aromatic rings. The highest BCUT2D eigenvalue weighted by molar-refractivity contribution is 5.93. The lowest BCUT2D eigenvalue weighted by Crippen LogP contribution is -2.48. The summed E-state index contributed by atoms with van der Waals surface area (Å²) >= 11 is 0. The number of nitrogens with zero attached hydrogens (tertiary/aromatic N) is 4. The van der Waals surface area contributed by atoms with Crippen LogP contribution >= 0.6 is 0 Å². The third-order valence-electron chi connectivity index (χ3n) is 7.47. The lowest BCUT2D eigenvalue weighted by atomic mass is 9.99. The number of aromatic nitrogens is 2. The van der Waals surface area contributed by atoms with Gasteiger partial charge in [0.25, 0.3) is 11.7 Å². The number of rotatable bonds is 13. The van der Waals surface area contributed by atoms with Crippen molar-refractivity contribution in [2.45, 2.75) is 57.2 Å². The maximum absolute atomic E-state index is 14.2. The zero-order chi connectivity index (χ0) is 32.6. The molecule has 0 saturated heterocycles. The van der Waals surface area contributed by atoms with Crippen LogP contribution in [-0.4, -0.2) is 70.4 Å². The summed E-state index contributed by atoms with van der Waals surface area (Å²) in [4.78, 5) is 47.0. The number of benzene rings is 3. The summed E-state index contributed by atoms with van der Waals surface area (Å²) in [6.45, 7) is 3.75. The number of carbonyl (C=O) groups is 3. The van der Waals surface area contributed by atoms with Crippen LogP contribution in [0.4, 0.5) is 0 Å². The minimum Gasteiger partial charge on any atom is -0.342 e. The summed E-state index contributed by atoms with van der Waals surface area (Å²) in [5.41, 5.74) is 7.58. The van der Waals surface area contributed by atoms with Gasteiger partial charge in [0, 0.05) is 33.1 Å². The molecule has 1 heterocycles. The fourth-order valence-corrected chi connectivity index (χ4v) is 4.94. The molecule has 45 heavy (non-hydrogen) atoms. The molecular formula is C35H42N6O4. The van der Waals surface area contributed by atoms with Crippen molar-refractivity contribution in [2.24, 2.45) is 5.73 Å². The third-order valence-corrected chi connectivity index (χ3v) is 7.47. The molecule has 3 amide bonds. The first-order chi connectivity index (χ1) is 21.4. The predicted molar refractivity (Wildman–Crippen MR) is 174 cm³/mol. The molecule has 2 atom stereocenters. The van der Waals surface area contributed by atoms with E-state index in [0.29, 0.717) is 25.7 Å². The fraction of sp³-hybridized carbons (Fsp3) is 0.343. The van der Waals surface area contributed by atoms with Crippen LogP contribution < -0.4 is 11.1 Å². The van der Waals surface area contributed by atoms with Gasteiger partial charge in [0.1, 0.15) is 12.1 Å². The van der Waals surface area contributed by atoms with Crippen LogP contribution in [0.15, 0.2) is 89.5 Å². The molecule has 236 valence electrons. The Morgan fingerprint density at radius 3 is 2.33 bits per heavy atom. The second-order valence-electron chi connectivity index (χ2n) is 12.2. The molecule has 3 N–H and O–H groups in total. The lowest BCUT2D eigenvalue weighted by Gasteiger charge is -2.30. The summed E-state index contributed by atoms with van der Waals surface area (Å²) in [6, 6.07) is 22.4. The van der Waals surface area contributed by atoms with Gasteiger partial charge in [-0.05, 0) is 61.1 Å². The van der Waals surface area contributed by atoms with Crippen LogP contribution in [0.1, 0.15) is 60.4 Å². The fourth-order valence-electron chi connectivity index (χ4n) is 4.94. The van der Waals surface area contributed by atoms with E-state index in [-0.39, 0.29) is 23.5 Å². The highest BCUT2D eigenvalue weighted by Gasteiger charge is 2.33. The van der Waals surface area contributed by atoms with Gasteiger partial charge in [0.05, 0.1) is 0 Å². The summed E-state index contributed by atoms with van der Waals surface area (Å²) in [5.74, 6) is -1.09. The Hall–Kier alpha value is -4.83. The quantitative estimate of drug-likeness (QED) is 0.213. The van der Waals surface area contributed by atoms with Crippen molar-refractivity contribution in [3.05, 3.63) is 108 Å². The predicted octanol–water partition coefficient (Wildman–Crippen LogP) is 4.47. The zero-order valence-corrected chi connectivity index (χ0v) is 26.6. The number of nitrogens with one attached hydrogen (secondary N) is 1. The number of likely N-dealkylation sites (N-methyl/N-ethyl adjacent to an activating group) is 1. The number of nitrogens with two attached hydrogens (primary N) is 1. The summed E-state index contributed by atoms with van der Waals surface area (Å²) in [5, 5.41) is 9.03. The van der Waals surface area contributed by atoms with Gasteiger partial charge in [-0.3, -0.25) is 14.4 Å². The Kier molecular flexibility index (Phi) is 10.9. The van der Waals surface area contributed by atoms with Crippen molar-refractivity contribution in [2.75, 3.05) is 21.1 Å². The van der Waals surface area contributed by atoms with Crippen molar-refractivity contribution in [1.82, 2.24) is 25.3 Å². The molecule has 2 unspecified atom stereocenters. The molecule has 10 nitrogen and oxygen atoms in total. The molecule has 0 aliphatic carbocycles. The van der Waals surface area contributed by atoms with Crippen molar-refractivity contribution < 1.29 is 18.9 Å². The molecular weight excluding hydrogens is 568 g/mol. The Morgan fingerprint density at radius 1 is 0.956 bits per heavy atom. The van der Waals surface area contributed by atoms with Gasteiger partial charge in [-0.15, -0.1) is 0 Å². The lowest BCUT2D eigenvalue weighted by molar-refractivity contribution is -0.137. The average Bonchev–Trinajstić information content (AvgIpc) is 3.50. The average molecular weight is 611 g/mol. The van der Waals surface area contributed by atoms with Gasteiger partial charge in [-0.25, -0.2) is 0 Å². The van der Waals surface area contributed by atoms with Gasteiger partial charge in [-0.1, -0.05) is 84.0 Å². The van der Waals surface area contributed by atoms with Gasteiger partial charge < -0.3 is 25.4 Å². The van der Waals surface area contributed by atoms with E-state index in [9.17, 15) is 14.4 Å². The summed E-state index contributed by atoms with van der Waals surface area (Å²) in [6.07, 6.45) is 4.90. The van der Waals surface area contributed by atoms with E-state index in [1.54, 1.807) is 27.2 Å². The Labute approximate surface area is 264 Å². The minimum atomic E-state index is -0.853. The largest absolute Gasteiger partial charge is 0.342 e. The van der Waals surface area contributed by atoms with E-state index in [2.05, 4.69) is 39.7 Å². The van der Waals surface area contributed by atoms with Crippen LogP contribution in [0.5, 0.6) is 0 Å². The second kappa shape index (κ2) is 14.8. The van der Waals surface area contributed by atoms with Gasteiger partial charge in [0.2, 0.25) is 17.7 Å². The molecule has 0 saturated carbocycles. The van der Waals surface area contributed by atoms with Crippen LogP contribution in [0, 0.1) is 0 Å². The van der Waals surface area contributed by atoms with Crippen LogP contribution in [0.25, 0.3) is 10.8 Å². The monoisotopic (exact) mass is 610 g/mol. The Balaban J connectivity index is 1.61. The van der Waals surface area contributed by atoms with E-state index >= 15 is 0 Å². The van der Waals surface area contributed by atoms with E-state index < -0.39 is 23.5 Å². The van der Waals surface area contributed by atoms with E-state index in [0.717, 1.165) is 21.9 Å². The molecule has 4 rings (SSSR count). The number of fused-ring (bicyclic) bond motifs is 1. The number of aryl methyl sites for hydroxylation is 1. The molecule has 0 bridgehead atoms. The van der Waals surface area contributed by atoms with E-state index in [1.807, 2.05) is 62.4 Å². The van der Waals surface area contributed by atoms with Crippen LogP contribution in [-0.2, 0) is 22.4 Å². The smallest absolute Gasteiger partial charge is 0.294 e. The molecule has 0 spiro atoms. The first-order valence-corrected chi connectivity index (χ1v) is 15.0. The molecule has 0 radical (unpaired) electrons. The van der Waals surface area contributed by atoms with Gasteiger partial charge >= 0.3 is 0 Å². The summed E-state index contributed by atoms with van der Waals surface area (Å²) < 4.78 is 5.54. The normalized spacial score (nSPS) is 13.0. The van der Waals surface area contributed by atoms with E-state index in [1.165, 1.54) is 15.9 Å². The molecule has 0 aliphatic heterocycles. The Bertz CT molecular complexity index is 1640. The minimum absolute atomic E-state index is 0.0944. The van der Waals surface area contributed by atoms with Crippen LogP contribution in [0.2, 0.25) is 0 Å². The second-order valence-corrected chi connectivity index (χ2v) is 12.2. The summed E-state index contributed by atoms with van der Waals surface area (Å²) in [7, 11) is 4.85. The first kappa shape index (κ1) is 33.1. The molecule has 0 fully saturated rings. The highest BCUT2D eigenvalue weighted by atomic mass is 16.5. The van der Waals surface area contributed by atoms with Crippen molar-refractivity contribution in [3.63, 3.8) is 0 Å². The standard InChI is InChI=1S/C35H42N6O4/c1-35(2,36)21-11-16-30(42)37-28(20-18-25-17-19-26-14-9-10-15-27(26)22-25)33(43)41(5)29(23-24-12-7-6-8-13-24)32-38-31(39-45-32)34(44)40(3)4/h6-17,19,22,28-29H,18,20-21,23,36H2,1-5H3,(H,37,42). The van der Waals surface area contributed by atoms with E-state index in [4.69, 9.17) is 10.3 Å². The molecule has 3 aromatic carbocycles. The topological polar surface area (TPSA) is 135 Å². The van der Waals surface area contributed by atoms with Gasteiger partial charge in [-0.2, -0.15) is 4.98 Å². The first-order valence-electron chi connectivity index (χ1n) is 15.0. The zero-order valence-electron chi connectivity index (χ0n) is 26.6. The number of amides is 3. The number of carbonyl (C=O) groups excluding carboxylic acids is 3. The molecule has 1 aromatic heterocycles. The molecule has 0 aliphatic rings.